The predicted molar refractivity (Wildman–Crippen MR) is 130 cm³/mol. The maximum absolute atomic E-state index is 12.7. The van der Waals surface area contributed by atoms with Crippen molar-refractivity contribution in [3.8, 4) is 11.4 Å². The fourth-order valence-corrected chi connectivity index (χ4v) is 3.60. The lowest BCUT2D eigenvalue weighted by atomic mass is 10.2. The number of anilines is 2. The van der Waals surface area contributed by atoms with Crippen LogP contribution in [-0.2, 0) is 9.59 Å². The number of aryl methyl sites for hydroxylation is 1. The Balaban J connectivity index is 1.55. The van der Waals surface area contributed by atoms with Gasteiger partial charge in [0.15, 0.2) is 0 Å². The van der Waals surface area contributed by atoms with Crippen molar-refractivity contribution in [2.24, 2.45) is 0 Å². The molecule has 3 aromatic rings. The zero-order valence-electron chi connectivity index (χ0n) is 19.6. The minimum absolute atomic E-state index is 0.114. The minimum Gasteiger partial charge on any atom is -0.495 e. The molecule has 0 aliphatic carbocycles. The summed E-state index contributed by atoms with van der Waals surface area (Å²) in [7, 11) is 1.56. The number of carbonyl (C=O) groups excluding carboxylic acids is 2. The zero-order valence-corrected chi connectivity index (χ0v) is 19.6. The van der Waals surface area contributed by atoms with Crippen LogP contribution in [0.1, 0.15) is 24.7 Å². The third kappa shape index (κ3) is 6.20. The van der Waals surface area contributed by atoms with E-state index in [4.69, 9.17) is 4.74 Å². The van der Waals surface area contributed by atoms with Gasteiger partial charge in [0.1, 0.15) is 5.75 Å². The van der Waals surface area contributed by atoms with Crippen molar-refractivity contribution in [2.45, 2.75) is 27.2 Å². The van der Waals surface area contributed by atoms with Gasteiger partial charge in [-0.1, -0.05) is 37.3 Å². The SMILES string of the molecule is CCN(CCC(=O)Nc1c(C)nn(-c2ccccc2)c1C)CC(=O)Nc1ccccc1OC. The van der Waals surface area contributed by atoms with Crippen LogP contribution >= 0.6 is 0 Å². The molecule has 0 bridgehead atoms. The van der Waals surface area contributed by atoms with E-state index in [0.717, 1.165) is 22.8 Å². The summed E-state index contributed by atoms with van der Waals surface area (Å²) < 4.78 is 7.10. The number of amides is 2. The van der Waals surface area contributed by atoms with Gasteiger partial charge in [0, 0.05) is 13.0 Å². The molecular formula is C25H31N5O3. The third-order valence-corrected chi connectivity index (χ3v) is 5.41. The van der Waals surface area contributed by atoms with E-state index in [1.807, 2.05) is 72.8 Å². The van der Waals surface area contributed by atoms with Crippen LogP contribution in [0.15, 0.2) is 54.6 Å². The number of hydrogen-bond acceptors (Lipinski definition) is 5. The maximum Gasteiger partial charge on any atom is 0.238 e. The molecule has 3 rings (SSSR count). The molecule has 0 fully saturated rings. The average molecular weight is 450 g/mol. The topological polar surface area (TPSA) is 88.5 Å². The van der Waals surface area contributed by atoms with Gasteiger partial charge in [-0.3, -0.25) is 14.5 Å². The number of hydrogen-bond donors (Lipinski definition) is 2. The van der Waals surface area contributed by atoms with Gasteiger partial charge in [0.05, 0.1) is 42.1 Å². The van der Waals surface area contributed by atoms with Gasteiger partial charge in [0.25, 0.3) is 0 Å². The molecule has 0 atom stereocenters. The van der Waals surface area contributed by atoms with Crippen LogP contribution in [0.2, 0.25) is 0 Å². The van der Waals surface area contributed by atoms with Gasteiger partial charge < -0.3 is 15.4 Å². The molecule has 0 aliphatic heterocycles. The summed E-state index contributed by atoms with van der Waals surface area (Å²) in [6.45, 7) is 7.08. The maximum atomic E-state index is 12.7. The lowest BCUT2D eigenvalue weighted by Gasteiger charge is -2.20. The summed E-state index contributed by atoms with van der Waals surface area (Å²) in [6.07, 6.45) is 0.269. The van der Waals surface area contributed by atoms with Crippen molar-refractivity contribution < 1.29 is 14.3 Å². The Bertz CT molecular complexity index is 1090. The second-order valence-electron chi connectivity index (χ2n) is 7.71. The summed E-state index contributed by atoms with van der Waals surface area (Å²) >= 11 is 0. The van der Waals surface area contributed by atoms with Gasteiger partial charge in [-0.25, -0.2) is 4.68 Å². The molecule has 2 aromatic carbocycles. The van der Waals surface area contributed by atoms with Crippen molar-refractivity contribution in [3.05, 3.63) is 66.0 Å². The molecule has 2 amide bonds. The van der Waals surface area contributed by atoms with E-state index in [0.29, 0.717) is 24.5 Å². The molecule has 1 heterocycles. The Morgan fingerprint density at radius 2 is 1.70 bits per heavy atom. The summed E-state index contributed by atoms with van der Waals surface area (Å²) in [6, 6.07) is 17.1. The van der Waals surface area contributed by atoms with E-state index in [-0.39, 0.29) is 24.8 Å². The number of aromatic nitrogens is 2. The first-order valence-electron chi connectivity index (χ1n) is 11.0. The number of methoxy groups -OCH3 is 1. The lowest BCUT2D eigenvalue weighted by molar-refractivity contribution is -0.119. The molecule has 0 spiro atoms. The minimum atomic E-state index is -0.155. The van der Waals surface area contributed by atoms with Crippen molar-refractivity contribution in [1.82, 2.24) is 14.7 Å². The second-order valence-corrected chi connectivity index (χ2v) is 7.71. The molecule has 0 saturated carbocycles. The Morgan fingerprint density at radius 3 is 2.39 bits per heavy atom. The largest absolute Gasteiger partial charge is 0.495 e. The Morgan fingerprint density at radius 1 is 1.00 bits per heavy atom. The van der Waals surface area contributed by atoms with Gasteiger partial charge >= 0.3 is 0 Å². The molecule has 0 saturated heterocycles. The predicted octanol–water partition coefficient (Wildman–Crippen LogP) is 3.79. The number of ether oxygens (including phenoxy) is 1. The van der Waals surface area contributed by atoms with E-state index in [2.05, 4.69) is 15.7 Å². The molecule has 8 nitrogen and oxygen atoms in total. The van der Waals surface area contributed by atoms with Crippen LogP contribution in [0.3, 0.4) is 0 Å². The molecule has 8 heteroatoms. The van der Waals surface area contributed by atoms with Crippen molar-refractivity contribution in [3.63, 3.8) is 0 Å². The van der Waals surface area contributed by atoms with Crippen LogP contribution < -0.4 is 15.4 Å². The fraction of sp³-hybridized carbons (Fsp3) is 0.320. The number of nitrogens with one attached hydrogen (secondary N) is 2. The van der Waals surface area contributed by atoms with Gasteiger partial charge in [-0.2, -0.15) is 5.10 Å². The molecule has 0 unspecified atom stereocenters. The third-order valence-electron chi connectivity index (χ3n) is 5.41. The highest BCUT2D eigenvalue weighted by Crippen LogP contribution is 2.24. The van der Waals surface area contributed by atoms with Crippen molar-refractivity contribution in [1.29, 1.82) is 0 Å². The summed E-state index contributed by atoms with van der Waals surface area (Å²) in [5.41, 5.74) is 3.92. The van der Waals surface area contributed by atoms with Crippen molar-refractivity contribution in [2.75, 3.05) is 37.4 Å². The van der Waals surface area contributed by atoms with Crippen molar-refractivity contribution >= 4 is 23.2 Å². The smallest absolute Gasteiger partial charge is 0.238 e. The van der Waals surface area contributed by atoms with Gasteiger partial charge in [-0.05, 0) is 44.7 Å². The fourth-order valence-electron chi connectivity index (χ4n) is 3.60. The molecule has 0 aliphatic rings. The first-order chi connectivity index (χ1) is 15.9. The van der Waals surface area contributed by atoms with Crippen LogP contribution in [0, 0.1) is 13.8 Å². The Hall–Kier alpha value is -3.65. The number of likely N-dealkylation sites (N-methyl/N-ethyl adjacent to an activating group) is 1. The van der Waals surface area contributed by atoms with Crippen LogP contribution in [0.4, 0.5) is 11.4 Å². The summed E-state index contributed by atoms with van der Waals surface area (Å²) in [5, 5.41) is 10.4. The highest BCUT2D eigenvalue weighted by Gasteiger charge is 2.17. The van der Waals surface area contributed by atoms with E-state index in [1.165, 1.54) is 0 Å². The highest BCUT2D eigenvalue weighted by atomic mass is 16.5. The first-order valence-corrected chi connectivity index (χ1v) is 11.0. The normalized spacial score (nSPS) is 10.8. The van der Waals surface area contributed by atoms with Crippen LogP contribution in [0.5, 0.6) is 5.75 Å². The van der Waals surface area contributed by atoms with Gasteiger partial charge in [0.2, 0.25) is 11.8 Å². The highest BCUT2D eigenvalue weighted by molar-refractivity contribution is 5.94. The molecule has 174 valence electrons. The van der Waals surface area contributed by atoms with Gasteiger partial charge in [-0.15, -0.1) is 0 Å². The molecule has 2 N–H and O–H groups in total. The summed E-state index contributed by atoms with van der Waals surface area (Å²) in [5.74, 6) is 0.338. The first kappa shape index (κ1) is 24.0. The Kier molecular flexibility index (Phi) is 8.21. The Labute approximate surface area is 194 Å². The number of carbonyl (C=O) groups is 2. The van der Waals surface area contributed by atoms with Crippen LogP contribution in [0.25, 0.3) is 5.69 Å². The average Bonchev–Trinajstić information content (AvgIpc) is 3.10. The lowest BCUT2D eigenvalue weighted by Crippen LogP contribution is -2.35. The van der Waals surface area contributed by atoms with E-state index in [1.54, 1.807) is 19.2 Å². The molecule has 0 radical (unpaired) electrons. The number of para-hydroxylation sites is 3. The van der Waals surface area contributed by atoms with Crippen LogP contribution in [-0.4, -0.2) is 53.2 Å². The number of benzene rings is 2. The number of rotatable bonds is 10. The number of nitrogens with zero attached hydrogens (tertiary/aromatic N) is 3. The van der Waals surface area contributed by atoms with E-state index in [9.17, 15) is 9.59 Å². The standard InChI is InChI=1S/C25H31N5O3/c1-5-29(17-24(32)26-21-13-9-10-14-22(21)33-4)16-15-23(31)27-25-18(2)28-30(19(25)3)20-11-7-6-8-12-20/h6-14H,5,15-17H2,1-4H3,(H,26,32)(H,27,31). The monoisotopic (exact) mass is 449 g/mol. The molecule has 33 heavy (non-hydrogen) atoms. The van der Waals surface area contributed by atoms with E-state index < -0.39 is 0 Å². The second kappa shape index (κ2) is 11.3. The molecule has 1 aromatic heterocycles. The summed E-state index contributed by atoms with van der Waals surface area (Å²) in [4.78, 5) is 27.1. The van der Waals surface area contributed by atoms with E-state index >= 15 is 0 Å². The zero-order chi connectivity index (χ0) is 23.8. The quantitative estimate of drug-likeness (QED) is 0.492. The molecular weight excluding hydrogens is 418 g/mol.